The minimum absolute atomic E-state index is 0.123. The number of carbonyl (C=O) groups is 2. The topological polar surface area (TPSA) is 167 Å². The molecule has 0 unspecified atom stereocenters. The number of nitro groups is 2. The van der Waals surface area contributed by atoms with Crippen molar-refractivity contribution < 1.29 is 29.9 Å². The Hall–Kier alpha value is -2.66. The number of nitrogens with zero attached hydrogens (tertiary/aromatic N) is 4. The highest BCUT2D eigenvalue weighted by atomic mass is 16.7. The van der Waals surface area contributed by atoms with Crippen molar-refractivity contribution in [1.82, 2.24) is 10.0 Å². The van der Waals surface area contributed by atoms with Crippen molar-refractivity contribution in [3.63, 3.8) is 0 Å². The van der Waals surface area contributed by atoms with Crippen LogP contribution in [0.4, 0.5) is 0 Å². The molecular weight excluding hydrogens is 268 g/mol. The Morgan fingerprint density at radius 2 is 1.21 bits per heavy atom. The molecule has 0 aliphatic carbocycles. The molecule has 0 heterocycles. The van der Waals surface area contributed by atoms with E-state index in [0.717, 1.165) is 0 Å². The highest BCUT2D eigenvalue weighted by molar-refractivity contribution is 5.69. The number of carboxylic acid groups (broad SMARTS) is 2. The molecule has 0 aromatic carbocycles. The zero-order chi connectivity index (χ0) is 15.0. The zero-order valence-corrected chi connectivity index (χ0v) is 9.67. The summed E-state index contributed by atoms with van der Waals surface area (Å²) in [5.74, 6) is -2.82. The highest BCUT2D eigenvalue weighted by Crippen LogP contribution is 1.97. The smallest absolute Gasteiger partial charge is 0.329 e. The van der Waals surface area contributed by atoms with Gasteiger partial charge in [0.25, 0.3) is 0 Å². The van der Waals surface area contributed by atoms with Crippen LogP contribution < -0.4 is 0 Å². The molecule has 108 valence electrons. The first-order chi connectivity index (χ1) is 8.73. The van der Waals surface area contributed by atoms with Gasteiger partial charge in [0.05, 0.1) is 13.1 Å². The fourth-order valence-electron chi connectivity index (χ4n) is 1.18. The summed E-state index contributed by atoms with van der Waals surface area (Å²) in [6.07, 6.45) is -0.123. The summed E-state index contributed by atoms with van der Waals surface area (Å²) in [4.78, 5) is 41.5. The standard InChI is InChI=1S/C7H12N4O8/c12-6(13)4-8(10(16)17)2-1-3-9(11(18)19)5-7(14)15/h1-5H2,(H,12,13)(H,14,15). The first-order valence-corrected chi connectivity index (χ1v) is 4.96. The molecule has 19 heavy (non-hydrogen) atoms. The molecule has 0 atom stereocenters. The first-order valence-electron chi connectivity index (χ1n) is 4.96. The molecule has 0 fully saturated rings. The minimum atomic E-state index is -1.41. The maximum atomic E-state index is 10.4. The van der Waals surface area contributed by atoms with Crippen molar-refractivity contribution in [1.29, 1.82) is 0 Å². The largest absolute Gasteiger partial charge is 0.480 e. The van der Waals surface area contributed by atoms with Crippen molar-refractivity contribution in [2.45, 2.75) is 6.42 Å². The summed E-state index contributed by atoms with van der Waals surface area (Å²) in [6, 6.07) is 0. The highest BCUT2D eigenvalue weighted by Gasteiger charge is 2.21. The van der Waals surface area contributed by atoms with Crippen LogP contribution in [0.25, 0.3) is 0 Å². The lowest BCUT2D eigenvalue weighted by molar-refractivity contribution is -0.659. The summed E-state index contributed by atoms with van der Waals surface area (Å²) in [7, 11) is 0. The van der Waals surface area contributed by atoms with Gasteiger partial charge in [0.15, 0.2) is 23.2 Å². The van der Waals surface area contributed by atoms with Crippen molar-refractivity contribution in [2.24, 2.45) is 0 Å². The van der Waals surface area contributed by atoms with Crippen LogP contribution >= 0.6 is 0 Å². The maximum absolute atomic E-state index is 10.4. The number of hydrogen-bond donors (Lipinski definition) is 2. The Morgan fingerprint density at radius 1 is 0.895 bits per heavy atom. The molecule has 0 amide bonds. The molecule has 0 saturated carbocycles. The molecule has 12 heteroatoms. The Labute approximate surface area is 106 Å². The SMILES string of the molecule is O=C(O)CN(CCCN(CC(=O)O)[N+](=O)[O-])[N+](=O)[O-]. The average molecular weight is 280 g/mol. The molecule has 0 radical (unpaired) electrons. The molecule has 0 aliphatic heterocycles. The summed E-state index contributed by atoms with van der Waals surface area (Å²) < 4.78 is 0. The van der Waals surface area contributed by atoms with E-state index in [4.69, 9.17) is 10.2 Å². The van der Waals surface area contributed by atoms with Gasteiger partial charge < -0.3 is 10.2 Å². The van der Waals surface area contributed by atoms with Crippen molar-refractivity contribution in [3.8, 4) is 0 Å². The normalized spacial score (nSPS) is 9.68. The molecule has 0 aromatic heterocycles. The van der Waals surface area contributed by atoms with E-state index in [0.29, 0.717) is 10.0 Å². The van der Waals surface area contributed by atoms with Crippen LogP contribution in [0.2, 0.25) is 0 Å². The van der Waals surface area contributed by atoms with Crippen LogP contribution in [-0.4, -0.2) is 68.4 Å². The van der Waals surface area contributed by atoms with Gasteiger partial charge in [-0.3, -0.25) is 9.59 Å². The van der Waals surface area contributed by atoms with Crippen LogP contribution in [0, 0.1) is 20.2 Å². The Balaban J connectivity index is 4.28. The van der Waals surface area contributed by atoms with E-state index in [9.17, 15) is 29.8 Å². The maximum Gasteiger partial charge on any atom is 0.329 e. The van der Waals surface area contributed by atoms with Gasteiger partial charge in [0, 0.05) is 0 Å². The Bertz CT molecular complexity index is 338. The second-order valence-corrected chi connectivity index (χ2v) is 3.39. The minimum Gasteiger partial charge on any atom is -0.480 e. The predicted octanol–water partition coefficient (Wildman–Crippen LogP) is -1.47. The monoisotopic (exact) mass is 280 g/mol. The second-order valence-electron chi connectivity index (χ2n) is 3.39. The van der Waals surface area contributed by atoms with E-state index in [2.05, 4.69) is 0 Å². The van der Waals surface area contributed by atoms with Crippen LogP contribution in [0.3, 0.4) is 0 Å². The van der Waals surface area contributed by atoms with E-state index < -0.39 is 35.1 Å². The van der Waals surface area contributed by atoms with E-state index in [1.807, 2.05) is 0 Å². The van der Waals surface area contributed by atoms with Gasteiger partial charge in [0.1, 0.15) is 0 Å². The molecule has 0 aliphatic rings. The lowest BCUT2D eigenvalue weighted by Gasteiger charge is -2.14. The second kappa shape index (κ2) is 7.62. The van der Waals surface area contributed by atoms with Crippen molar-refractivity contribution in [3.05, 3.63) is 20.2 Å². The van der Waals surface area contributed by atoms with E-state index in [1.165, 1.54) is 0 Å². The number of hydrogen-bond acceptors (Lipinski definition) is 6. The van der Waals surface area contributed by atoms with Gasteiger partial charge in [-0.05, 0) is 6.42 Å². The predicted molar refractivity (Wildman–Crippen MR) is 57.0 cm³/mol. The number of rotatable bonds is 10. The van der Waals surface area contributed by atoms with Crippen LogP contribution in [0.15, 0.2) is 0 Å². The number of hydrazine groups is 2. The van der Waals surface area contributed by atoms with Gasteiger partial charge in [-0.1, -0.05) is 0 Å². The van der Waals surface area contributed by atoms with E-state index >= 15 is 0 Å². The molecule has 0 spiro atoms. The third-order valence-electron chi connectivity index (χ3n) is 1.93. The summed E-state index contributed by atoms with van der Waals surface area (Å²) >= 11 is 0. The van der Waals surface area contributed by atoms with Gasteiger partial charge in [-0.15, -0.1) is 10.0 Å². The molecule has 0 bridgehead atoms. The number of carboxylic acids is 2. The molecule has 2 N–H and O–H groups in total. The lowest BCUT2D eigenvalue weighted by Crippen LogP contribution is -2.40. The van der Waals surface area contributed by atoms with Gasteiger partial charge >= 0.3 is 11.9 Å². The van der Waals surface area contributed by atoms with Crippen molar-refractivity contribution >= 4 is 11.9 Å². The summed E-state index contributed by atoms with van der Waals surface area (Å²) in [5, 5.41) is 36.6. The Kier molecular flexibility index (Phi) is 6.56. The van der Waals surface area contributed by atoms with E-state index in [-0.39, 0.29) is 19.5 Å². The average Bonchev–Trinajstić information content (AvgIpc) is 2.24. The van der Waals surface area contributed by atoms with Crippen molar-refractivity contribution in [2.75, 3.05) is 26.2 Å². The zero-order valence-electron chi connectivity index (χ0n) is 9.67. The number of aliphatic carboxylic acids is 2. The van der Waals surface area contributed by atoms with Crippen LogP contribution in [-0.2, 0) is 9.59 Å². The van der Waals surface area contributed by atoms with Gasteiger partial charge in [-0.2, -0.15) is 0 Å². The lowest BCUT2D eigenvalue weighted by atomic mass is 10.4. The van der Waals surface area contributed by atoms with Gasteiger partial charge in [-0.25, -0.2) is 20.2 Å². The third-order valence-corrected chi connectivity index (χ3v) is 1.93. The Morgan fingerprint density at radius 3 is 1.42 bits per heavy atom. The van der Waals surface area contributed by atoms with E-state index in [1.54, 1.807) is 0 Å². The molecule has 12 nitrogen and oxygen atoms in total. The molecular formula is C7H12N4O8. The fourth-order valence-corrected chi connectivity index (χ4v) is 1.18. The first kappa shape index (κ1) is 16.3. The third kappa shape index (κ3) is 7.30. The summed E-state index contributed by atoms with van der Waals surface area (Å²) in [6.45, 7) is -2.37. The molecule has 0 saturated heterocycles. The fraction of sp³-hybridized carbons (Fsp3) is 0.714. The van der Waals surface area contributed by atoms with Crippen LogP contribution in [0.5, 0.6) is 0 Å². The quantitative estimate of drug-likeness (QED) is 0.356. The molecule has 0 aromatic rings. The molecule has 0 rings (SSSR count). The van der Waals surface area contributed by atoms with Crippen LogP contribution in [0.1, 0.15) is 6.42 Å². The van der Waals surface area contributed by atoms with Gasteiger partial charge in [0.2, 0.25) is 0 Å². The summed E-state index contributed by atoms with van der Waals surface area (Å²) in [5.41, 5.74) is 0.